The van der Waals surface area contributed by atoms with Gasteiger partial charge in [-0.2, -0.15) is 13.2 Å². The number of carboxylic acid groups (broad SMARTS) is 1. The molecule has 0 unspecified atom stereocenters. The third-order valence-corrected chi connectivity index (χ3v) is 3.66. The molecule has 1 heterocycles. The van der Waals surface area contributed by atoms with E-state index in [9.17, 15) is 18.0 Å². The Kier molecular flexibility index (Phi) is 4.43. The number of aromatic nitrogens is 1. The largest absolute Gasteiger partial charge is 0.478 e. The number of alkyl halides is 3. The van der Waals surface area contributed by atoms with Gasteiger partial charge >= 0.3 is 12.1 Å². The monoisotopic (exact) mass is 333 g/mol. The van der Waals surface area contributed by atoms with Crippen LogP contribution in [0.3, 0.4) is 0 Å². The molecule has 0 radical (unpaired) electrons. The Labute approximate surface area is 126 Å². The molecule has 2 aromatic rings. The van der Waals surface area contributed by atoms with Crippen molar-refractivity contribution in [2.75, 3.05) is 0 Å². The Balaban J connectivity index is 2.31. The van der Waals surface area contributed by atoms with Crippen LogP contribution in [-0.4, -0.2) is 16.1 Å². The molecule has 0 saturated carbocycles. The summed E-state index contributed by atoms with van der Waals surface area (Å²) in [6, 6.07) is 7.70. The van der Waals surface area contributed by atoms with Gasteiger partial charge in [0.05, 0.1) is 10.6 Å². The lowest BCUT2D eigenvalue weighted by molar-refractivity contribution is -0.141. The Morgan fingerprint density at radius 1 is 1.24 bits per heavy atom. The summed E-state index contributed by atoms with van der Waals surface area (Å²) < 4.78 is 37.7. The highest BCUT2D eigenvalue weighted by Crippen LogP contribution is 2.33. The molecule has 0 aliphatic rings. The van der Waals surface area contributed by atoms with Crippen LogP contribution in [0.15, 0.2) is 46.3 Å². The van der Waals surface area contributed by atoms with Crippen molar-refractivity contribution < 1.29 is 23.1 Å². The second kappa shape index (κ2) is 5.95. The Morgan fingerprint density at radius 2 is 1.95 bits per heavy atom. The number of hydrogen-bond acceptors (Lipinski definition) is 3. The van der Waals surface area contributed by atoms with E-state index in [1.165, 1.54) is 30.3 Å². The van der Waals surface area contributed by atoms with Crippen LogP contribution < -0.4 is 0 Å². The summed E-state index contributed by atoms with van der Waals surface area (Å²) in [6.07, 6.45) is -4.53. The van der Waals surface area contributed by atoms with Crippen molar-refractivity contribution in [3.05, 3.63) is 52.7 Å². The average molecular weight is 334 g/mol. The van der Waals surface area contributed by atoms with Crippen LogP contribution in [0.4, 0.5) is 13.2 Å². The third kappa shape index (κ3) is 3.89. The highest BCUT2D eigenvalue weighted by molar-refractivity contribution is 7.99. The number of benzene rings is 1. The van der Waals surface area contributed by atoms with E-state index >= 15 is 0 Å². The number of carboxylic acids is 1. The maximum absolute atomic E-state index is 12.6. The first-order valence-corrected chi connectivity index (χ1v) is 6.72. The van der Waals surface area contributed by atoms with Crippen molar-refractivity contribution in [2.24, 2.45) is 0 Å². The minimum atomic E-state index is -4.53. The predicted molar refractivity (Wildman–Crippen MR) is 71.8 cm³/mol. The smallest absolute Gasteiger partial charge is 0.433 e. The lowest BCUT2D eigenvalue weighted by Gasteiger charge is -2.08. The van der Waals surface area contributed by atoms with E-state index in [0.29, 0.717) is 4.90 Å². The molecule has 1 aromatic heterocycles. The van der Waals surface area contributed by atoms with E-state index in [1.54, 1.807) is 0 Å². The number of nitrogens with zero attached hydrogens (tertiary/aromatic N) is 1. The highest BCUT2D eigenvalue weighted by atomic mass is 35.5. The number of rotatable bonds is 3. The molecule has 1 aromatic carbocycles. The molecule has 0 atom stereocenters. The molecule has 0 spiro atoms. The van der Waals surface area contributed by atoms with Crippen molar-refractivity contribution in [3.8, 4) is 0 Å². The van der Waals surface area contributed by atoms with Crippen molar-refractivity contribution in [2.45, 2.75) is 16.1 Å². The molecule has 0 aliphatic heterocycles. The maximum Gasteiger partial charge on any atom is 0.433 e. The first kappa shape index (κ1) is 15.7. The van der Waals surface area contributed by atoms with Gasteiger partial charge in [-0.3, -0.25) is 0 Å². The standard InChI is InChI=1S/C13H7ClF3NO2S/c14-9-5-4-7(6-8(9)12(19)20)21-11-3-1-2-10(18-11)13(15,16)17/h1-6H,(H,19,20). The fourth-order valence-corrected chi connectivity index (χ4v) is 2.53. The molecule has 0 bridgehead atoms. The first-order valence-electron chi connectivity index (χ1n) is 5.52. The van der Waals surface area contributed by atoms with Crippen molar-refractivity contribution in [1.82, 2.24) is 4.98 Å². The molecule has 0 fully saturated rings. The summed E-state index contributed by atoms with van der Waals surface area (Å²) in [5.41, 5.74) is -1.12. The number of halogens is 4. The fraction of sp³-hybridized carbons (Fsp3) is 0.0769. The van der Waals surface area contributed by atoms with E-state index in [-0.39, 0.29) is 15.6 Å². The molecular formula is C13H7ClF3NO2S. The number of pyridine rings is 1. The van der Waals surface area contributed by atoms with Crippen LogP contribution in [0.1, 0.15) is 16.1 Å². The molecular weight excluding hydrogens is 327 g/mol. The number of aromatic carboxylic acids is 1. The van der Waals surface area contributed by atoms with E-state index in [4.69, 9.17) is 16.7 Å². The van der Waals surface area contributed by atoms with Gasteiger partial charge in [0, 0.05) is 4.90 Å². The molecule has 0 amide bonds. The van der Waals surface area contributed by atoms with Crippen LogP contribution in [0.5, 0.6) is 0 Å². The fourth-order valence-electron chi connectivity index (χ4n) is 1.48. The van der Waals surface area contributed by atoms with E-state index in [0.717, 1.165) is 17.8 Å². The number of hydrogen-bond donors (Lipinski definition) is 1. The summed E-state index contributed by atoms with van der Waals surface area (Å²) in [7, 11) is 0. The quantitative estimate of drug-likeness (QED) is 0.891. The molecule has 3 nitrogen and oxygen atoms in total. The summed E-state index contributed by atoms with van der Waals surface area (Å²) in [6.45, 7) is 0. The Bertz CT molecular complexity index is 691. The van der Waals surface area contributed by atoms with Gasteiger partial charge < -0.3 is 5.11 Å². The first-order chi connectivity index (χ1) is 9.77. The van der Waals surface area contributed by atoms with Gasteiger partial charge in [-0.15, -0.1) is 0 Å². The van der Waals surface area contributed by atoms with Crippen molar-refractivity contribution in [3.63, 3.8) is 0 Å². The second-order valence-corrected chi connectivity index (χ2v) is 5.41. The summed E-state index contributed by atoms with van der Waals surface area (Å²) in [5, 5.41) is 9.12. The highest BCUT2D eigenvalue weighted by Gasteiger charge is 2.32. The van der Waals surface area contributed by atoms with Crippen LogP contribution in [0.2, 0.25) is 5.02 Å². The van der Waals surface area contributed by atoms with Gasteiger partial charge in [-0.25, -0.2) is 9.78 Å². The zero-order chi connectivity index (χ0) is 15.6. The zero-order valence-electron chi connectivity index (χ0n) is 10.2. The minimum absolute atomic E-state index is 0.0591. The average Bonchev–Trinajstić information content (AvgIpc) is 2.40. The van der Waals surface area contributed by atoms with E-state index in [1.807, 2.05) is 0 Å². The molecule has 0 aliphatic carbocycles. The zero-order valence-corrected chi connectivity index (χ0v) is 11.8. The van der Waals surface area contributed by atoms with Gasteiger partial charge in [0.25, 0.3) is 0 Å². The van der Waals surface area contributed by atoms with Gasteiger partial charge in [-0.1, -0.05) is 29.4 Å². The summed E-state index contributed by atoms with van der Waals surface area (Å²) in [5.74, 6) is -1.21. The molecule has 2 rings (SSSR count). The van der Waals surface area contributed by atoms with Crippen molar-refractivity contribution >= 4 is 29.3 Å². The maximum atomic E-state index is 12.6. The lowest BCUT2D eigenvalue weighted by Crippen LogP contribution is -2.07. The summed E-state index contributed by atoms with van der Waals surface area (Å²) in [4.78, 5) is 14.9. The van der Waals surface area contributed by atoms with Crippen LogP contribution >= 0.6 is 23.4 Å². The van der Waals surface area contributed by atoms with E-state index in [2.05, 4.69) is 4.98 Å². The molecule has 0 saturated heterocycles. The van der Waals surface area contributed by atoms with Crippen LogP contribution in [0.25, 0.3) is 0 Å². The summed E-state index contributed by atoms with van der Waals surface area (Å²) >= 11 is 6.65. The minimum Gasteiger partial charge on any atom is -0.478 e. The normalized spacial score (nSPS) is 11.4. The van der Waals surface area contributed by atoms with Gasteiger partial charge in [-0.05, 0) is 30.3 Å². The lowest BCUT2D eigenvalue weighted by atomic mass is 10.2. The van der Waals surface area contributed by atoms with E-state index < -0.39 is 17.8 Å². The molecule has 21 heavy (non-hydrogen) atoms. The third-order valence-electron chi connectivity index (χ3n) is 2.40. The van der Waals surface area contributed by atoms with Gasteiger partial charge in [0.2, 0.25) is 0 Å². The van der Waals surface area contributed by atoms with Gasteiger partial charge in [0.15, 0.2) is 0 Å². The topological polar surface area (TPSA) is 50.2 Å². The molecule has 8 heteroatoms. The molecule has 110 valence electrons. The van der Waals surface area contributed by atoms with Gasteiger partial charge in [0.1, 0.15) is 10.7 Å². The van der Waals surface area contributed by atoms with Crippen LogP contribution in [-0.2, 0) is 6.18 Å². The predicted octanol–water partition coefficient (Wildman–Crippen LogP) is 4.60. The van der Waals surface area contributed by atoms with Crippen LogP contribution in [0, 0.1) is 0 Å². The number of carbonyl (C=O) groups is 1. The Morgan fingerprint density at radius 3 is 2.57 bits per heavy atom. The van der Waals surface area contributed by atoms with Crippen molar-refractivity contribution in [1.29, 1.82) is 0 Å². The Hall–Kier alpha value is -1.73. The second-order valence-electron chi connectivity index (χ2n) is 3.91. The molecule has 1 N–H and O–H groups in total. The SMILES string of the molecule is O=C(O)c1cc(Sc2cccc(C(F)(F)F)n2)ccc1Cl.